The number of nitrogens with one attached hydrogen (secondary N) is 1. The molecule has 0 aliphatic carbocycles. The van der Waals surface area contributed by atoms with Gasteiger partial charge in [0, 0.05) is 29.4 Å². The van der Waals surface area contributed by atoms with Gasteiger partial charge in [-0.2, -0.15) is 5.10 Å². The van der Waals surface area contributed by atoms with E-state index in [-0.39, 0.29) is 12.4 Å². The van der Waals surface area contributed by atoms with Gasteiger partial charge in [-0.25, -0.2) is 4.98 Å². The van der Waals surface area contributed by atoms with Crippen molar-refractivity contribution in [2.75, 3.05) is 0 Å². The van der Waals surface area contributed by atoms with Gasteiger partial charge in [-0.15, -0.1) is 12.4 Å². The Kier molecular flexibility index (Phi) is 2.05. The Labute approximate surface area is 85.8 Å². The molecule has 0 amide bonds. The van der Waals surface area contributed by atoms with Gasteiger partial charge in [-0.05, 0) is 11.5 Å². The maximum absolute atomic E-state index is 4.21. The Morgan fingerprint density at radius 1 is 1.07 bits per heavy atom. The number of rotatable bonds is 0. The minimum absolute atomic E-state index is 0. The highest BCUT2D eigenvalue weighted by atomic mass is 35.5. The summed E-state index contributed by atoms with van der Waals surface area (Å²) in [6, 6.07) is 1.97. The molecule has 14 heavy (non-hydrogen) atoms. The van der Waals surface area contributed by atoms with Crippen molar-refractivity contribution in [3.63, 3.8) is 0 Å². The first kappa shape index (κ1) is 8.90. The lowest BCUT2D eigenvalue weighted by Crippen LogP contribution is -1.80. The number of hydrogen-bond donors (Lipinski definition) is 1. The zero-order valence-corrected chi connectivity index (χ0v) is 7.95. The fourth-order valence-electron chi connectivity index (χ4n) is 1.46. The second-order valence-electron chi connectivity index (χ2n) is 2.85. The van der Waals surface area contributed by atoms with Gasteiger partial charge in [0.15, 0.2) is 5.65 Å². The van der Waals surface area contributed by atoms with Crippen molar-refractivity contribution in [1.29, 1.82) is 0 Å². The third kappa shape index (κ3) is 1.12. The molecule has 1 N–H and O–H groups in total. The fraction of sp³-hybridized carbons (Fsp3) is 0. The SMILES string of the molecule is Cl.c1cc2c(cn1)cnc1[nH]ncc12. The van der Waals surface area contributed by atoms with E-state index in [1.807, 2.05) is 6.07 Å². The van der Waals surface area contributed by atoms with Crippen molar-refractivity contribution < 1.29 is 0 Å². The van der Waals surface area contributed by atoms with Crippen LogP contribution in [0, 0.1) is 0 Å². The van der Waals surface area contributed by atoms with Crippen molar-refractivity contribution in [3.05, 3.63) is 30.9 Å². The first-order valence-electron chi connectivity index (χ1n) is 3.97. The van der Waals surface area contributed by atoms with Crippen molar-refractivity contribution in [2.45, 2.75) is 0 Å². The highest BCUT2D eigenvalue weighted by Gasteiger charge is 2.01. The summed E-state index contributed by atoms with van der Waals surface area (Å²) >= 11 is 0. The van der Waals surface area contributed by atoms with E-state index in [0.717, 1.165) is 21.8 Å². The van der Waals surface area contributed by atoms with Crippen LogP contribution in [0.15, 0.2) is 30.9 Å². The molecule has 3 rings (SSSR count). The lowest BCUT2D eigenvalue weighted by Gasteiger charge is -1.95. The summed E-state index contributed by atoms with van der Waals surface area (Å²) in [5, 5.41) is 9.99. The van der Waals surface area contributed by atoms with E-state index in [1.165, 1.54) is 0 Å². The molecule has 0 saturated carbocycles. The van der Waals surface area contributed by atoms with E-state index in [1.54, 1.807) is 24.8 Å². The number of nitrogens with zero attached hydrogens (tertiary/aromatic N) is 3. The Hall–Kier alpha value is -1.68. The van der Waals surface area contributed by atoms with E-state index < -0.39 is 0 Å². The van der Waals surface area contributed by atoms with Crippen LogP contribution in [0.4, 0.5) is 0 Å². The van der Waals surface area contributed by atoms with Crippen molar-refractivity contribution in [1.82, 2.24) is 20.2 Å². The quantitative estimate of drug-likeness (QED) is 0.612. The molecular formula is C9H7ClN4. The number of aromatic amines is 1. The molecule has 0 spiro atoms. The highest BCUT2D eigenvalue weighted by molar-refractivity contribution is 6.03. The molecule has 3 aromatic heterocycles. The van der Waals surface area contributed by atoms with E-state index >= 15 is 0 Å². The average Bonchev–Trinajstić information content (AvgIpc) is 2.65. The molecule has 0 fully saturated rings. The normalized spacial score (nSPS) is 10.3. The van der Waals surface area contributed by atoms with Crippen LogP contribution >= 0.6 is 12.4 Å². The third-order valence-corrected chi connectivity index (χ3v) is 2.09. The molecule has 5 heteroatoms. The molecule has 0 saturated heterocycles. The van der Waals surface area contributed by atoms with Crippen LogP contribution in [0.5, 0.6) is 0 Å². The van der Waals surface area contributed by atoms with Crippen LogP contribution in [-0.4, -0.2) is 20.2 Å². The van der Waals surface area contributed by atoms with Gasteiger partial charge in [0.05, 0.1) is 6.20 Å². The number of aromatic nitrogens is 4. The summed E-state index contributed by atoms with van der Waals surface area (Å²) in [4.78, 5) is 8.24. The summed E-state index contributed by atoms with van der Waals surface area (Å²) in [6.07, 6.45) is 7.15. The number of pyridine rings is 2. The zero-order chi connectivity index (χ0) is 8.67. The van der Waals surface area contributed by atoms with Gasteiger partial charge in [0.1, 0.15) is 0 Å². The molecule has 0 atom stereocenters. The molecule has 0 bridgehead atoms. The average molecular weight is 207 g/mol. The number of hydrogen-bond acceptors (Lipinski definition) is 3. The zero-order valence-electron chi connectivity index (χ0n) is 7.14. The second kappa shape index (κ2) is 3.23. The molecular weight excluding hydrogens is 200 g/mol. The fourth-order valence-corrected chi connectivity index (χ4v) is 1.46. The van der Waals surface area contributed by atoms with Crippen LogP contribution in [-0.2, 0) is 0 Å². The van der Waals surface area contributed by atoms with Crippen LogP contribution in [0.1, 0.15) is 0 Å². The predicted octanol–water partition coefficient (Wildman–Crippen LogP) is 1.93. The Morgan fingerprint density at radius 3 is 2.93 bits per heavy atom. The molecule has 0 radical (unpaired) electrons. The lowest BCUT2D eigenvalue weighted by atomic mass is 10.2. The molecule has 3 aromatic rings. The summed E-state index contributed by atoms with van der Waals surface area (Å²) < 4.78 is 0. The molecule has 0 unspecified atom stereocenters. The second-order valence-corrected chi connectivity index (χ2v) is 2.85. The summed E-state index contributed by atoms with van der Waals surface area (Å²) in [5.74, 6) is 0. The van der Waals surface area contributed by atoms with E-state index in [4.69, 9.17) is 0 Å². The monoisotopic (exact) mass is 206 g/mol. The van der Waals surface area contributed by atoms with Crippen molar-refractivity contribution >= 4 is 34.2 Å². The minimum Gasteiger partial charge on any atom is -0.264 e. The van der Waals surface area contributed by atoms with Gasteiger partial charge in [0.25, 0.3) is 0 Å². The number of H-pyrrole nitrogens is 1. The van der Waals surface area contributed by atoms with E-state index in [9.17, 15) is 0 Å². The summed E-state index contributed by atoms with van der Waals surface area (Å²) in [6.45, 7) is 0. The van der Waals surface area contributed by atoms with Gasteiger partial charge < -0.3 is 0 Å². The molecule has 70 valence electrons. The topological polar surface area (TPSA) is 54.5 Å². The Morgan fingerprint density at radius 2 is 2.00 bits per heavy atom. The van der Waals surface area contributed by atoms with Crippen LogP contribution in [0.2, 0.25) is 0 Å². The predicted molar refractivity (Wildman–Crippen MR) is 56.4 cm³/mol. The van der Waals surface area contributed by atoms with Gasteiger partial charge in [-0.1, -0.05) is 0 Å². The van der Waals surface area contributed by atoms with Crippen LogP contribution in [0.25, 0.3) is 21.8 Å². The maximum Gasteiger partial charge on any atom is 0.155 e. The van der Waals surface area contributed by atoms with Crippen LogP contribution in [0.3, 0.4) is 0 Å². The van der Waals surface area contributed by atoms with Crippen LogP contribution < -0.4 is 0 Å². The Bertz CT molecular complexity index is 575. The molecule has 0 aliphatic rings. The minimum atomic E-state index is 0. The smallest absolute Gasteiger partial charge is 0.155 e. The first-order chi connectivity index (χ1) is 6.45. The Balaban J connectivity index is 0.000000750. The molecule has 0 aliphatic heterocycles. The number of fused-ring (bicyclic) bond motifs is 3. The first-order valence-corrected chi connectivity index (χ1v) is 3.97. The largest absolute Gasteiger partial charge is 0.264 e. The molecule has 4 nitrogen and oxygen atoms in total. The third-order valence-electron chi connectivity index (χ3n) is 2.09. The summed E-state index contributed by atoms with van der Waals surface area (Å²) in [7, 11) is 0. The maximum atomic E-state index is 4.21. The van der Waals surface area contributed by atoms with Crippen molar-refractivity contribution in [3.8, 4) is 0 Å². The van der Waals surface area contributed by atoms with E-state index in [2.05, 4.69) is 20.2 Å². The summed E-state index contributed by atoms with van der Waals surface area (Å²) in [5.41, 5.74) is 0.818. The van der Waals surface area contributed by atoms with E-state index in [0.29, 0.717) is 0 Å². The highest BCUT2D eigenvalue weighted by Crippen LogP contribution is 2.19. The molecule has 0 aromatic carbocycles. The lowest BCUT2D eigenvalue weighted by molar-refractivity contribution is 1.10. The molecule has 3 heterocycles. The van der Waals surface area contributed by atoms with Gasteiger partial charge >= 0.3 is 0 Å². The number of halogens is 1. The van der Waals surface area contributed by atoms with Gasteiger partial charge in [-0.3, -0.25) is 10.1 Å². The van der Waals surface area contributed by atoms with Gasteiger partial charge in [0.2, 0.25) is 0 Å². The standard InChI is InChI=1S/C9H6N4.ClH/c1-2-10-3-6-4-11-9-8(7(1)6)5-12-13-9;/h1-5H,(H,11,12,13);1H. The van der Waals surface area contributed by atoms with Crippen molar-refractivity contribution in [2.24, 2.45) is 0 Å².